The average Bonchev–Trinajstić information content (AvgIpc) is 3.02. The van der Waals surface area contributed by atoms with Crippen LogP contribution in [0.15, 0.2) is 18.2 Å². The molecule has 1 heterocycles. The zero-order valence-corrected chi connectivity index (χ0v) is 17.5. The summed E-state index contributed by atoms with van der Waals surface area (Å²) in [6, 6.07) is 5.12. The van der Waals surface area contributed by atoms with Gasteiger partial charge in [-0.2, -0.15) is 0 Å². The van der Waals surface area contributed by atoms with E-state index in [-0.39, 0.29) is 5.56 Å². The molecule has 0 unspecified atom stereocenters. The Hall–Kier alpha value is -2.87. The topological polar surface area (TPSA) is 108 Å². The summed E-state index contributed by atoms with van der Waals surface area (Å²) in [5.41, 5.74) is 7.97. The van der Waals surface area contributed by atoms with Crippen molar-refractivity contribution in [1.29, 1.82) is 0 Å². The molecule has 3 N–H and O–H groups in total. The van der Waals surface area contributed by atoms with Gasteiger partial charge in [-0.05, 0) is 49.8 Å². The van der Waals surface area contributed by atoms with Gasteiger partial charge in [0.15, 0.2) is 6.61 Å². The first-order chi connectivity index (χ1) is 13.8. The highest BCUT2D eigenvalue weighted by Gasteiger charge is 2.27. The summed E-state index contributed by atoms with van der Waals surface area (Å²) in [5, 5.41) is 3.10. The molecule has 0 saturated heterocycles. The third kappa shape index (κ3) is 4.59. The van der Waals surface area contributed by atoms with Crippen molar-refractivity contribution in [3.63, 3.8) is 0 Å². The standard InChI is InChI=1S/C21H24N2O5S/c1-11-5-7-15(27-3)14(8-11)21(26)28-10-17(24)23-20-18(19(22)25)13-6-4-12(2)9-16(13)29-20/h5,7-8,12H,4,6,9-10H2,1-3H3,(H2,22,25)(H,23,24)/t12-/m0/s1. The van der Waals surface area contributed by atoms with Crippen LogP contribution in [0, 0.1) is 12.8 Å². The Morgan fingerprint density at radius 3 is 2.76 bits per heavy atom. The predicted molar refractivity (Wildman–Crippen MR) is 111 cm³/mol. The van der Waals surface area contributed by atoms with Crippen molar-refractivity contribution in [1.82, 2.24) is 0 Å². The Labute approximate surface area is 173 Å². The number of fused-ring (bicyclic) bond motifs is 1. The monoisotopic (exact) mass is 416 g/mol. The van der Waals surface area contributed by atoms with E-state index >= 15 is 0 Å². The lowest BCUT2D eigenvalue weighted by atomic mass is 9.88. The molecule has 2 amide bonds. The van der Waals surface area contributed by atoms with Crippen LogP contribution in [-0.2, 0) is 22.4 Å². The van der Waals surface area contributed by atoms with Crippen LogP contribution in [0.4, 0.5) is 5.00 Å². The van der Waals surface area contributed by atoms with E-state index in [1.807, 2.05) is 13.0 Å². The maximum absolute atomic E-state index is 12.4. The highest BCUT2D eigenvalue weighted by Crippen LogP contribution is 2.39. The van der Waals surface area contributed by atoms with E-state index in [9.17, 15) is 14.4 Å². The Balaban J connectivity index is 1.70. The van der Waals surface area contributed by atoms with Crippen molar-refractivity contribution in [2.45, 2.75) is 33.1 Å². The summed E-state index contributed by atoms with van der Waals surface area (Å²) < 4.78 is 10.3. The van der Waals surface area contributed by atoms with Crippen LogP contribution in [0.5, 0.6) is 5.75 Å². The molecule has 29 heavy (non-hydrogen) atoms. The molecule has 7 nitrogen and oxygen atoms in total. The average molecular weight is 416 g/mol. The second-order valence-electron chi connectivity index (χ2n) is 7.25. The van der Waals surface area contributed by atoms with Crippen LogP contribution in [0.3, 0.4) is 0 Å². The zero-order chi connectivity index (χ0) is 21.1. The first-order valence-electron chi connectivity index (χ1n) is 9.36. The van der Waals surface area contributed by atoms with Crippen molar-refractivity contribution in [2.75, 3.05) is 19.0 Å². The van der Waals surface area contributed by atoms with E-state index in [1.54, 1.807) is 12.1 Å². The van der Waals surface area contributed by atoms with Crippen LogP contribution >= 0.6 is 11.3 Å². The van der Waals surface area contributed by atoms with Gasteiger partial charge in [0, 0.05) is 4.88 Å². The molecule has 1 atom stereocenters. The number of primary amides is 1. The van der Waals surface area contributed by atoms with Gasteiger partial charge in [0.25, 0.3) is 11.8 Å². The summed E-state index contributed by atoms with van der Waals surface area (Å²) in [5.74, 6) is -0.851. The quantitative estimate of drug-likeness (QED) is 0.704. The molecule has 1 aliphatic carbocycles. The molecule has 1 aromatic heterocycles. The summed E-state index contributed by atoms with van der Waals surface area (Å²) in [4.78, 5) is 37.7. The highest BCUT2D eigenvalue weighted by molar-refractivity contribution is 7.17. The first kappa shape index (κ1) is 20.9. The molecule has 3 rings (SSSR count). The summed E-state index contributed by atoms with van der Waals surface area (Å²) in [6.07, 6.45) is 2.61. The fourth-order valence-corrected chi connectivity index (χ4v) is 4.88. The van der Waals surface area contributed by atoms with Crippen molar-refractivity contribution in [2.24, 2.45) is 11.7 Å². The molecule has 1 aliphatic rings. The molecule has 1 aromatic carbocycles. The zero-order valence-electron chi connectivity index (χ0n) is 16.7. The van der Waals surface area contributed by atoms with Crippen LogP contribution in [0.2, 0.25) is 0 Å². The molecule has 0 spiro atoms. The predicted octanol–water partition coefficient (Wildman–Crippen LogP) is 3.08. The van der Waals surface area contributed by atoms with E-state index in [2.05, 4.69) is 12.2 Å². The number of nitrogens with two attached hydrogens (primary N) is 1. The van der Waals surface area contributed by atoms with Gasteiger partial charge in [0.05, 0.1) is 12.7 Å². The van der Waals surface area contributed by atoms with Gasteiger partial charge in [-0.25, -0.2) is 4.79 Å². The Morgan fingerprint density at radius 1 is 1.31 bits per heavy atom. The number of methoxy groups -OCH3 is 1. The third-order valence-corrected chi connectivity index (χ3v) is 6.09. The third-order valence-electron chi connectivity index (χ3n) is 4.92. The number of esters is 1. The molecule has 0 radical (unpaired) electrons. The van der Waals surface area contributed by atoms with Crippen molar-refractivity contribution in [3.8, 4) is 5.75 Å². The number of hydrogen-bond acceptors (Lipinski definition) is 6. The molecule has 0 fully saturated rings. The van der Waals surface area contributed by atoms with Crippen LogP contribution in [-0.4, -0.2) is 31.5 Å². The number of nitrogens with one attached hydrogen (secondary N) is 1. The lowest BCUT2D eigenvalue weighted by molar-refractivity contribution is -0.119. The van der Waals surface area contributed by atoms with Crippen LogP contribution in [0.1, 0.15) is 50.1 Å². The van der Waals surface area contributed by atoms with Gasteiger partial charge in [-0.3, -0.25) is 9.59 Å². The van der Waals surface area contributed by atoms with E-state index in [0.717, 1.165) is 35.3 Å². The Morgan fingerprint density at radius 2 is 2.07 bits per heavy atom. The number of carbonyl (C=O) groups is 3. The lowest BCUT2D eigenvalue weighted by Gasteiger charge is -2.18. The van der Waals surface area contributed by atoms with Crippen LogP contribution in [0.25, 0.3) is 0 Å². The number of thiophene rings is 1. The van der Waals surface area contributed by atoms with Crippen molar-refractivity contribution in [3.05, 3.63) is 45.3 Å². The largest absolute Gasteiger partial charge is 0.496 e. The number of hydrogen-bond donors (Lipinski definition) is 2. The fourth-order valence-electron chi connectivity index (χ4n) is 3.45. The molecular weight excluding hydrogens is 392 g/mol. The minimum Gasteiger partial charge on any atom is -0.496 e. The highest BCUT2D eigenvalue weighted by atomic mass is 32.1. The molecule has 8 heteroatoms. The van der Waals surface area contributed by atoms with E-state index < -0.39 is 24.4 Å². The number of ether oxygens (including phenoxy) is 2. The minimum atomic E-state index is -0.657. The number of aryl methyl sites for hydroxylation is 1. The second-order valence-corrected chi connectivity index (χ2v) is 8.35. The normalized spacial score (nSPS) is 15.3. The van der Waals surface area contributed by atoms with Gasteiger partial charge < -0.3 is 20.5 Å². The Kier molecular flexibility index (Phi) is 6.22. The SMILES string of the molecule is COc1ccc(C)cc1C(=O)OCC(=O)Nc1sc2c(c1C(N)=O)CC[C@H](C)C2. The number of carbonyl (C=O) groups excluding carboxylic acids is 3. The minimum absolute atomic E-state index is 0.249. The summed E-state index contributed by atoms with van der Waals surface area (Å²) in [6.45, 7) is 3.52. The fraction of sp³-hybridized carbons (Fsp3) is 0.381. The van der Waals surface area contributed by atoms with Crippen LogP contribution < -0.4 is 15.8 Å². The number of rotatable bonds is 6. The molecule has 0 bridgehead atoms. The Bertz CT molecular complexity index is 966. The summed E-state index contributed by atoms with van der Waals surface area (Å²) >= 11 is 1.37. The van der Waals surface area contributed by atoms with E-state index in [4.69, 9.17) is 15.2 Å². The molecule has 154 valence electrons. The molecule has 0 saturated carbocycles. The number of amides is 2. The van der Waals surface area contributed by atoms with Gasteiger partial charge >= 0.3 is 5.97 Å². The number of anilines is 1. The van der Waals surface area contributed by atoms with E-state index in [1.165, 1.54) is 18.4 Å². The van der Waals surface area contributed by atoms with Crippen molar-refractivity contribution < 1.29 is 23.9 Å². The van der Waals surface area contributed by atoms with Gasteiger partial charge in [0.2, 0.25) is 0 Å². The van der Waals surface area contributed by atoms with Gasteiger partial charge in [-0.1, -0.05) is 18.6 Å². The molecular formula is C21H24N2O5S. The molecule has 0 aliphatic heterocycles. The van der Waals surface area contributed by atoms with Crippen molar-refractivity contribution >= 4 is 34.1 Å². The smallest absolute Gasteiger partial charge is 0.342 e. The lowest BCUT2D eigenvalue weighted by Crippen LogP contribution is -2.23. The van der Waals surface area contributed by atoms with Gasteiger partial charge in [0.1, 0.15) is 16.3 Å². The second kappa shape index (κ2) is 8.65. The maximum atomic E-state index is 12.4. The first-order valence-corrected chi connectivity index (χ1v) is 10.2. The maximum Gasteiger partial charge on any atom is 0.342 e. The molecule has 2 aromatic rings. The summed E-state index contributed by atoms with van der Waals surface area (Å²) in [7, 11) is 1.46. The van der Waals surface area contributed by atoms with Gasteiger partial charge in [-0.15, -0.1) is 11.3 Å². The van der Waals surface area contributed by atoms with E-state index in [0.29, 0.717) is 22.2 Å². The number of benzene rings is 1.